The van der Waals surface area contributed by atoms with Crippen LogP contribution in [0.1, 0.15) is 6.42 Å². The van der Waals surface area contributed by atoms with Crippen molar-refractivity contribution in [2.75, 3.05) is 20.6 Å². The smallest absolute Gasteiger partial charge is 0.244 e. The largest absolute Gasteiger partial charge is 0.347 e. The number of carbonyl (C=O) groups is 1. The normalized spacial score (nSPS) is 49.2. The van der Waals surface area contributed by atoms with Gasteiger partial charge in [-0.25, -0.2) is 0 Å². The molecule has 3 rings (SSSR count). The third-order valence-corrected chi connectivity index (χ3v) is 3.67. The fraction of sp³-hybridized carbons (Fsp3) is 0.700. The summed E-state index contributed by atoms with van der Waals surface area (Å²) in [6.07, 6.45) is 5.65. The Morgan fingerprint density at radius 2 is 2.31 bits per heavy atom. The summed E-state index contributed by atoms with van der Waals surface area (Å²) in [6, 6.07) is 0.564. The number of hydrogen-bond acceptors (Lipinski definition) is 2. The molecule has 2 bridgehead atoms. The number of nitrogens with zero attached hydrogens (tertiary/aromatic N) is 2. The van der Waals surface area contributed by atoms with E-state index in [1.165, 1.54) is 6.42 Å². The van der Waals surface area contributed by atoms with E-state index in [2.05, 4.69) is 17.1 Å². The predicted molar refractivity (Wildman–Crippen MR) is 49.2 cm³/mol. The first-order chi connectivity index (χ1) is 6.16. The molecule has 0 saturated carbocycles. The maximum atomic E-state index is 11.9. The number of fused-ring (bicyclic) bond motifs is 5. The molecule has 4 atom stereocenters. The molecule has 0 N–H and O–H groups in total. The van der Waals surface area contributed by atoms with Crippen LogP contribution in [0.25, 0.3) is 0 Å². The number of rotatable bonds is 1. The van der Waals surface area contributed by atoms with Crippen molar-refractivity contribution in [2.24, 2.45) is 5.92 Å². The highest BCUT2D eigenvalue weighted by molar-refractivity contribution is 5.91. The number of amides is 1. The minimum Gasteiger partial charge on any atom is -0.347 e. The molecule has 0 radical (unpaired) electrons. The van der Waals surface area contributed by atoms with Crippen LogP contribution < -0.4 is 0 Å². The van der Waals surface area contributed by atoms with Gasteiger partial charge in [-0.05, 0) is 6.42 Å². The summed E-state index contributed by atoms with van der Waals surface area (Å²) in [5.41, 5.74) is -0.108. The van der Waals surface area contributed by atoms with Crippen LogP contribution in [0.5, 0.6) is 0 Å². The van der Waals surface area contributed by atoms with E-state index in [0.717, 1.165) is 6.54 Å². The molecule has 0 aromatic rings. The molecule has 3 aliphatic rings. The predicted octanol–water partition coefficient (Wildman–Crippen LogP) is 0.0873. The Morgan fingerprint density at radius 3 is 2.85 bits per heavy atom. The first kappa shape index (κ1) is 7.56. The first-order valence-corrected chi connectivity index (χ1v) is 4.83. The molecule has 70 valence electrons. The molecule has 2 heterocycles. The number of piperidine rings is 1. The van der Waals surface area contributed by atoms with Crippen molar-refractivity contribution in [3.05, 3.63) is 12.2 Å². The minimum atomic E-state index is -0.108. The maximum Gasteiger partial charge on any atom is 0.244 e. The molecule has 3 nitrogen and oxygen atoms in total. The Hall–Kier alpha value is -0.830. The van der Waals surface area contributed by atoms with E-state index < -0.39 is 0 Å². The molecule has 2 saturated heterocycles. The third kappa shape index (κ3) is 0.680. The van der Waals surface area contributed by atoms with E-state index in [0.29, 0.717) is 17.9 Å². The van der Waals surface area contributed by atoms with Gasteiger partial charge in [-0.2, -0.15) is 0 Å². The maximum absolute atomic E-state index is 11.9. The molecule has 0 aromatic carbocycles. The van der Waals surface area contributed by atoms with Gasteiger partial charge < -0.3 is 4.90 Å². The second-order valence-electron chi connectivity index (χ2n) is 4.55. The first-order valence-electron chi connectivity index (χ1n) is 4.83. The Bertz CT molecular complexity index is 310. The highest BCUT2D eigenvalue weighted by Crippen LogP contribution is 2.55. The summed E-state index contributed by atoms with van der Waals surface area (Å²) in [5.74, 6) is 0.789. The standard InChI is InChI=1S/C10H14N2O/c1-11(2)9(13)10-6-12(10)8-4-3-7(10)5-8/h3-4,7-8H,5-6H2,1-2H3/t7-,8+,10-,12?/m0/s1. The molecule has 1 unspecified atom stereocenters. The van der Waals surface area contributed by atoms with Crippen molar-refractivity contribution < 1.29 is 4.79 Å². The molecule has 2 aliphatic heterocycles. The van der Waals surface area contributed by atoms with Gasteiger partial charge in [-0.15, -0.1) is 0 Å². The summed E-state index contributed by atoms with van der Waals surface area (Å²) in [5, 5.41) is 0. The van der Waals surface area contributed by atoms with Crippen LogP contribution in [0, 0.1) is 5.92 Å². The lowest BCUT2D eigenvalue weighted by molar-refractivity contribution is -0.133. The van der Waals surface area contributed by atoms with Gasteiger partial charge in [0.05, 0.1) is 0 Å². The molecular weight excluding hydrogens is 164 g/mol. The van der Waals surface area contributed by atoms with Crippen LogP contribution >= 0.6 is 0 Å². The highest BCUT2D eigenvalue weighted by Gasteiger charge is 2.70. The summed E-state index contributed by atoms with van der Waals surface area (Å²) in [4.78, 5) is 16.0. The quantitative estimate of drug-likeness (QED) is 0.419. The van der Waals surface area contributed by atoms with Crippen LogP contribution in [-0.2, 0) is 4.79 Å². The van der Waals surface area contributed by atoms with Crippen molar-refractivity contribution in [1.82, 2.24) is 9.80 Å². The molecule has 13 heavy (non-hydrogen) atoms. The fourth-order valence-corrected chi connectivity index (χ4v) is 2.97. The van der Waals surface area contributed by atoms with Crippen molar-refractivity contribution in [1.29, 1.82) is 0 Å². The average Bonchev–Trinajstić information content (AvgIpc) is 2.60. The zero-order valence-corrected chi connectivity index (χ0v) is 8.03. The molecule has 0 aromatic heterocycles. The van der Waals surface area contributed by atoms with Crippen LogP contribution in [0.3, 0.4) is 0 Å². The lowest BCUT2D eigenvalue weighted by Gasteiger charge is -2.22. The van der Waals surface area contributed by atoms with Crippen LogP contribution in [0.4, 0.5) is 0 Å². The molecule has 1 aliphatic carbocycles. The average molecular weight is 178 g/mol. The second kappa shape index (κ2) is 1.98. The van der Waals surface area contributed by atoms with Gasteiger partial charge in [-0.1, -0.05) is 12.2 Å². The lowest BCUT2D eigenvalue weighted by atomic mass is 9.92. The number of likely N-dealkylation sites (N-methyl/N-ethyl adjacent to an activating group) is 1. The van der Waals surface area contributed by atoms with Crippen molar-refractivity contribution in [2.45, 2.75) is 18.0 Å². The zero-order valence-electron chi connectivity index (χ0n) is 8.03. The minimum absolute atomic E-state index is 0.108. The Labute approximate surface area is 78.0 Å². The molecule has 1 amide bonds. The van der Waals surface area contributed by atoms with Gasteiger partial charge in [0.25, 0.3) is 0 Å². The summed E-state index contributed by atoms with van der Waals surface area (Å²) < 4.78 is 0. The van der Waals surface area contributed by atoms with Gasteiger partial charge in [-0.3, -0.25) is 9.69 Å². The molecular formula is C10H14N2O. The number of carbonyl (C=O) groups excluding carboxylic acids is 1. The van der Waals surface area contributed by atoms with Gasteiger partial charge in [0.2, 0.25) is 5.91 Å². The number of hydrogen-bond donors (Lipinski definition) is 0. The molecule has 0 spiro atoms. The topological polar surface area (TPSA) is 23.3 Å². The Morgan fingerprint density at radius 1 is 1.54 bits per heavy atom. The van der Waals surface area contributed by atoms with Crippen molar-refractivity contribution in [3.8, 4) is 0 Å². The zero-order chi connectivity index (χ0) is 9.22. The van der Waals surface area contributed by atoms with Crippen LogP contribution in [0.2, 0.25) is 0 Å². The molecule has 3 heteroatoms. The third-order valence-electron chi connectivity index (χ3n) is 3.67. The van der Waals surface area contributed by atoms with Gasteiger partial charge in [0, 0.05) is 32.6 Å². The van der Waals surface area contributed by atoms with Gasteiger partial charge in [0.1, 0.15) is 5.54 Å². The Kier molecular flexibility index (Phi) is 1.15. The van der Waals surface area contributed by atoms with Crippen LogP contribution in [0.15, 0.2) is 12.2 Å². The fourth-order valence-electron chi connectivity index (χ4n) is 2.97. The van der Waals surface area contributed by atoms with Crippen molar-refractivity contribution in [3.63, 3.8) is 0 Å². The summed E-state index contributed by atoms with van der Waals surface area (Å²) in [7, 11) is 3.70. The van der Waals surface area contributed by atoms with Gasteiger partial charge in [0.15, 0.2) is 0 Å². The van der Waals surface area contributed by atoms with E-state index in [-0.39, 0.29) is 5.54 Å². The van der Waals surface area contributed by atoms with E-state index in [4.69, 9.17) is 0 Å². The van der Waals surface area contributed by atoms with E-state index in [1.807, 2.05) is 14.1 Å². The van der Waals surface area contributed by atoms with E-state index in [1.54, 1.807) is 4.90 Å². The van der Waals surface area contributed by atoms with E-state index in [9.17, 15) is 4.79 Å². The van der Waals surface area contributed by atoms with E-state index >= 15 is 0 Å². The second-order valence-corrected chi connectivity index (χ2v) is 4.55. The summed E-state index contributed by atoms with van der Waals surface area (Å²) >= 11 is 0. The highest BCUT2D eigenvalue weighted by atomic mass is 16.2. The summed E-state index contributed by atoms with van der Waals surface area (Å²) in [6.45, 7) is 0.979. The Balaban J connectivity index is 1.94. The lowest BCUT2D eigenvalue weighted by Crippen LogP contribution is -2.42. The van der Waals surface area contributed by atoms with Crippen LogP contribution in [-0.4, -0.2) is 47.9 Å². The molecule has 2 fully saturated rings. The van der Waals surface area contributed by atoms with Crippen molar-refractivity contribution >= 4 is 5.91 Å². The monoisotopic (exact) mass is 178 g/mol. The van der Waals surface area contributed by atoms with Gasteiger partial charge >= 0.3 is 0 Å². The SMILES string of the molecule is CN(C)C(=O)[C@@]12CN1[C@@H]1C=C[C@H]2C1.